The van der Waals surface area contributed by atoms with Crippen molar-refractivity contribution in [1.29, 1.82) is 0 Å². The number of nitrogens with one attached hydrogen (secondary N) is 2. The number of rotatable bonds is 5. The Morgan fingerprint density at radius 1 is 1.05 bits per heavy atom. The molecule has 0 aliphatic heterocycles. The summed E-state index contributed by atoms with van der Waals surface area (Å²) in [5, 5.41) is 6.97. The van der Waals surface area contributed by atoms with Crippen LogP contribution in [-0.2, 0) is 6.42 Å². The van der Waals surface area contributed by atoms with Crippen LogP contribution in [0.4, 0.5) is 11.4 Å². The van der Waals surface area contributed by atoms with Gasteiger partial charge in [-0.1, -0.05) is 37.6 Å². The molecular weight excluding hydrogens is 344 g/mol. The van der Waals surface area contributed by atoms with Gasteiger partial charge in [-0.25, -0.2) is 0 Å². The van der Waals surface area contributed by atoms with E-state index in [1.807, 2.05) is 24.3 Å². The van der Waals surface area contributed by atoms with Crippen molar-refractivity contribution in [2.24, 2.45) is 0 Å². The Kier molecular flexibility index (Phi) is 6.21. The van der Waals surface area contributed by atoms with Crippen LogP contribution in [-0.4, -0.2) is 5.11 Å². The van der Waals surface area contributed by atoms with Gasteiger partial charge in [0.1, 0.15) is 0 Å². The van der Waals surface area contributed by atoms with Gasteiger partial charge in [-0.15, -0.1) is 0 Å². The number of para-hydroxylation sites is 1. The summed E-state index contributed by atoms with van der Waals surface area (Å²) in [5.74, 6) is 0. The van der Waals surface area contributed by atoms with Gasteiger partial charge in [0.15, 0.2) is 5.11 Å². The van der Waals surface area contributed by atoms with Crippen LogP contribution < -0.4 is 10.6 Å². The molecule has 0 unspecified atom stereocenters. The van der Waals surface area contributed by atoms with Gasteiger partial charge in [-0.2, -0.15) is 0 Å². The van der Waals surface area contributed by atoms with Crippen LogP contribution >= 0.6 is 28.1 Å². The van der Waals surface area contributed by atoms with E-state index in [0.717, 1.165) is 22.3 Å². The quantitative estimate of drug-likeness (QED) is 0.676. The third-order valence-corrected chi connectivity index (χ3v) is 4.05. The number of unbranched alkanes of at least 4 members (excludes halogenated alkanes) is 1. The molecule has 2 N–H and O–H groups in total. The summed E-state index contributed by atoms with van der Waals surface area (Å²) >= 11 is 8.83. The maximum absolute atomic E-state index is 5.34. The third kappa shape index (κ3) is 5.14. The van der Waals surface area contributed by atoms with Crippen molar-refractivity contribution in [3.63, 3.8) is 0 Å². The zero-order valence-corrected chi connectivity index (χ0v) is 14.4. The summed E-state index contributed by atoms with van der Waals surface area (Å²) in [4.78, 5) is 0. The molecule has 0 fully saturated rings. The minimum absolute atomic E-state index is 0.586. The van der Waals surface area contributed by atoms with E-state index in [2.05, 4.69) is 57.8 Å². The van der Waals surface area contributed by atoms with Crippen LogP contribution in [0.5, 0.6) is 0 Å². The number of aryl methyl sites for hydroxylation is 1. The lowest BCUT2D eigenvalue weighted by Crippen LogP contribution is -2.19. The van der Waals surface area contributed by atoms with Crippen molar-refractivity contribution < 1.29 is 0 Å². The molecule has 4 heteroatoms. The van der Waals surface area contributed by atoms with E-state index < -0.39 is 0 Å². The number of hydrogen-bond donors (Lipinski definition) is 2. The van der Waals surface area contributed by atoms with E-state index in [9.17, 15) is 0 Å². The second kappa shape index (κ2) is 8.15. The van der Waals surface area contributed by atoms with Crippen LogP contribution in [0.25, 0.3) is 0 Å². The predicted octanol–water partition coefficient (Wildman–Crippen LogP) is 5.60. The Bertz CT molecular complexity index is 596. The number of halogens is 1. The molecule has 0 aliphatic rings. The van der Waals surface area contributed by atoms with E-state index in [0.29, 0.717) is 5.11 Å². The van der Waals surface area contributed by atoms with Crippen molar-refractivity contribution in [2.75, 3.05) is 10.6 Å². The number of hydrogen-bond acceptors (Lipinski definition) is 1. The molecular formula is C17H19BrN2S. The predicted molar refractivity (Wildman–Crippen MR) is 99.0 cm³/mol. The lowest BCUT2D eigenvalue weighted by atomic mass is 10.1. The summed E-state index contributed by atoms with van der Waals surface area (Å²) in [5.41, 5.74) is 3.32. The number of benzene rings is 2. The van der Waals surface area contributed by atoms with Crippen molar-refractivity contribution in [1.82, 2.24) is 0 Å². The SMILES string of the molecule is CCCCc1ccc(NC(=S)Nc2ccccc2Br)cc1. The summed E-state index contributed by atoms with van der Waals surface area (Å²) in [7, 11) is 0. The fourth-order valence-corrected chi connectivity index (χ4v) is 2.59. The Hall–Kier alpha value is -1.39. The first kappa shape index (κ1) is 16.0. The van der Waals surface area contributed by atoms with Crippen molar-refractivity contribution in [3.05, 3.63) is 58.6 Å². The highest BCUT2D eigenvalue weighted by molar-refractivity contribution is 9.10. The van der Waals surface area contributed by atoms with Gasteiger partial charge in [0.05, 0.1) is 5.69 Å². The van der Waals surface area contributed by atoms with E-state index in [1.165, 1.54) is 18.4 Å². The zero-order valence-electron chi connectivity index (χ0n) is 12.0. The molecule has 0 radical (unpaired) electrons. The molecule has 110 valence electrons. The van der Waals surface area contributed by atoms with Gasteiger partial charge in [0, 0.05) is 10.2 Å². The smallest absolute Gasteiger partial charge is 0.175 e. The molecule has 0 saturated heterocycles. The highest BCUT2D eigenvalue weighted by Gasteiger charge is 2.02. The summed E-state index contributed by atoms with van der Waals surface area (Å²) < 4.78 is 0.990. The van der Waals surface area contributed by atoms with E-state index in [-0.39, 0.29) is 0 Å². The fraction of sp³-hybridized carbons (Fsp3) is 0.235. The second-order valence-corrected chi connectivity index (χ2v) is 6.12. The monoisotopic (exact) mass is 362 g/mol. The molecule has 2 rings (SSSR count). The first-order valence-electron chi connectivity index (χ1n) is 7.10. The first-order valence-corrected chi connectivity index (χ1v) is 8.30. The van der Waals surface area contributed by atoms with Crippen LogP contribution in [0.15, 0.2) is 53.0 Å². The molecule has 2 nitrogen and oxygen atoms in total. The van der Waals surface area contributed by atoms with Gasteiger partial charge in [-0.3, -0.25) is 0 Å². The molecule has 0 saturated carbocycles. The van der Waals surface area contributed by atoms with Gasteiger partial charge >= 0.3 is 0 Å². The minimum atomic E-state index is 0.586. The van der Waals surface area contributed by atoms with E-state index in [4.69, 9.17) is 12.2 Å². The Morgan fingerprint density at radius 2 is 1.76 bits per heavy atom. The van der Waals surface area contributed by atoms with Crippen LogP contribution in [0.2, 0.25) is 0 Å². The van der Waals surface area contributed by atoms with Crippen molar-refractivity contribution >= 4 is 44.6 Å². The molecule has 0 heterocycles. The van der Waals surface area contributed by atoms with Crippen molar-refractivity contribution in [2.45, 2.75) is 26.2 Å². The highest BCUT2D eigenvalue weighted by atomic mass is 79.9. The number of anilines is 2. The second-order valence-electron chi connectivity index (χ2n) is 4.86. The molecule has 2 aromatic rings. The Balaban J connectivity index is 1.92. The Labute approximate surface area is 140 Å². The molecule has 0 aromatic heterocycles. The minimum Gasteiger partial charge on any atom is -0.332 e. The normalized spacial score (nSPS) is 10.2. The summed E-state index contributed by atoms with van der Waals surface area (Å²) in [6.45, 7) is 2.21. The maximum atomic E-state index is 5.34. The molecule has 0 bridgehead atoms. The standard InChI is InChI=1S/C17H19BrN2S/c1-2-3-6-13-9-11-14(12-10-13)19-17(21)20-16-8-5-4-7-15(16)18/h4-5,7-12H,2-3,6H2,1H3,(H2,19,20,21). The van der Waals surface area contributed by atoms with Crippen LogP contribution in [0, 0.1) is 0 Å². The average molecular weight is 363 g/mol. The third-order valence-electron chi connectivity index (χ3n) is 3.15. The molecule has 0 spiro atoms. The lowest BCUT2D eigenvalue weighted by molar-refractivity contribution is 0.795. The fourth-order valence-electron chi connectivity index (χ4n) is 1.98. The molecule has 0 aliphatic carbocycles. The van der Waals surface area contributed by atoms with Crippen molar-refractivity contribution in [3.8, 4) is 0 Å². The van der Waals surface area contributed by atoms with Crippen LogP contribution in [0.1, 0.15) is 25.3 Å². The first-order chi connectivity index (χ1) is 10.2. The lowest BCUT2D eigenvalue weighted by Gasteiger charge is -2.12. The molecule has 2 aromatic carbocycles. The number of thiocarbonyl (C=S) groups is 1. The summed E-state index contributed by atoms with van der Waals surface area (Å²) in [6.07, 6.45) is 3.59. The van der Waals surface area contributed by atoms with Crippen LogP contribution in [0.3, 0.4) is 0 Å². The maximum Gasteiger partial charge on any atom is 0.175 e. The van der Waals surface area contributed by atoms with Gasteiger partial charge in [0.2, 0.25) is 0 Å². The van der Waals surface area contributed by atoms with Gasteiger partial charge in [0.25, 0.3) is 0 Å². The van der Waals surface area contributed by atoms with E-state index in [1.54, 1.807) is 0 Å². The average Bonchev–Trinajstić information content (AvgIpc) is 2.49. The topological polar surface area (TPSA) is 24.1 Å². The van der Waals surface area contributed by atoms with E-state index >= 15 is 0 Å². The van der Waals surface area contributed by atoms with Gasteiger partial charge in [-0.05, 0) is 70.8 Å². The Morgan fingerprint density at radius 3 is 2.43 bits per heavy atom. The molecule has 0 atom stereocenters. The van der Waals surface area contributed by atoms with Gasteiger partial charge < -0.3 is 10.6 Å². The zero-order chi connectivity index (χ0) is 15.1. The molecule has 0 amide bonds. The largest absolute Gasteiger partial charge is 0.332 e. The molecule has 21 heavy (non-hydrogen) atoms. The highest BCUT2D eigenvalue weighted by Crippen LogP contribution is 2.21. The summed E-state index contributed by atoms with van der Waals surface area (Å²) in [6, 6.07) is 16.3.